The highest BCUT2D eigenvalue weighted by atomic mass is 15.3. The Labute approximate surface area is 205 Å². The summed E-state index contributed by atoms with van der Waals surface area (Å²) in [7, 11) is 0. The summed E-state index contributed by atoms with van der Waals surface area (Å²) in [4.78, 5) is 21.8. The molecule has 4 aromatic rings. The normalized spacial score (nSPS) is 20.2. The van der Waals surface area contributed by atoms with Gasteiger partial charge in [0.1, 0.15) is 11.6 Å². The lowest BCUT2D eigenvalue weighted by atomic mass is 10.1. The molecule has 1 atom stereocenters. The van der Waals surface area contributed by atoms with E-state index >= 15 is 0 Å². The van der Waals surface area contributed by atoms with E-state index in [0.717, 1.165) is 59.8 Å². The van der Waals surface area contributed by atoms with Crippen LogP contribution in [0.3, 0.4) is 0 Å². The second kappa shape index (κ2) is 8.57. The highest BCUT2D eigenvalue weighted by molar-refractivity contribution is 5.94. The Morgan fingerprint density at radius 2 is 1.86 bits per heavy atom. The van der Waals surface area contributed by atoms with Crippen LogP contribution < -0.4 is 15.5 Å². The maximum atomic E-state index is 5.23. The third-order valence-corrected chi connectivity index (χ3v) is 7.39. The first-order valence-electron chi connectivity index (χ1n) is 12.7. The van der Waals surface area contributed by atoms with E-state index in [0.29, 0.717) is 12.0 Å². The van der Waals surface area contributed by atoms with Gasteiger partial charge in [-0.1, -0.05) is 18.2 Å². The van der Waals surface area contributed by atoms with Crippen LogP contribution in [0.2, 0.25) is 0 Å². The lowest BCUT2D eigenvalue weighted by Gasteiger charge is -2.35. The third-order valence-electron chi connectivity index (χ3n) is 7.39. The molecule has 0 radical (unpaired) electrons. The summed E-state index contributed by atoms with van der Waals surface area (Å²) in [6.45, 7) is 2.95. The van der Waals surface area contributed by atoms with Gasteiger partial charge in [0.2, 0.25) is 0 Å². The molecule has 2 N–H and O–H groups in total. The molecule has 1 unspecified atom stereocenters. The Morgan fingerprint density at radius 3 is 2.69 bits per heavy atom. The summed E-state index contributed by atoms with van der Waals surface area (Å²) >= 11 is 0. The number of hydrogen-bond donors (Lipinski definition) is 2. The highest BCUT2D eigenvalue weighted by Crippen LogP contribution is 2.45. The summed E-state index contributed by atoms with van der Waals surface area (Å²) < 4.78 is 0. The second-order valence-corrected chi connectivity index (χ2v) is 10.0. The van der Waals surface area contributed by atoms with Crippen LogP contribution in [-0.4, -0.2) is 45.6 Å². The van der Waals surface area contributed by atoms with Gasteiger partial charge >= 0.3 is 0 Å². The molecule has 1 saturated heterocycles. The van der Waals surface area contributed by atoms with Crippen molar-refractivity contribution < 1.29 is 0 Å². The predicted molar refractivity (Wildman–Crippen MR) is 139 cm³/mol. The molecular weight excluding hydrogens is 434 g/mol. The molecule has 0 amide bonds. The molecule has 3 aromatic heterocycles. The van der Waals surface area contributed by atoms with E-state index in [1.165, 1.54) is 36.6 Å². The van der Waals surface area contributed by atoms with Crippen LogP contribution in [0, 0.1) is 5.92 Å². The molecule has 176 valence electrons. The fourth-order valence-electron chi connectivity index (χ4n) is 5.24. The molecule has 3 aliphatic rings. The third kappa shape index (κ3) is 4.21. The van der Waals surface area contributed by atoms with E-state index in [1.807, 2.05) is 61.1 Å². The quantitative estimate of drug-likeness (QED) is 0.421. The zero-order valence-electron chi connectivity index (χ0n) is 19.7. The fraction of sp³-hybridized carbons (Fsp3) is 0.357. The molecule has 2 saturated carbocycles. The minimum Gasteiger partial charge on any atom is -0.353 e. The van der Waals surface area contributed by atoms with Gasteiger partial charge < -0.3 is 15.5 Å². The summed E-state index contributed by atoms with van der Waals surface area (Å²) in [5.74, 6) is 3.96. The van der Waals surface area contributed by atoms with Crippen LogP contribution in [-0.2, 0) is 0 Å². The van der Waals surface area contributed by atoms with Gasteiger partial charge in [-0.3, -0.25) is 4.98 Å². The SMILES string of the molecule is c1ccc(Nc2cc(-c3nc(N4CCNC(C5CC5)C4)c4c(C5CC5)cncc4n3)ccn2)cc1. The first-order valence-corrected chi connectivity index (χ1v) is 12.7. The van der Waals surface area contributed by atoms with E-state index in [4.69, 9.17) is 9.97 Å². The number of benzene rings is 1. The molecule has 35 heavy (non-hydrogen) atoms. The van der Waals surface area contributed by atoms with Crippen molar-refractivity contribution in [3.63, 3.8) is 0 Å². The van der Waals surface area contributed by atoms with Crippen LogP contribution in [0.4, 0.5) is 17.3 Å². The molecule has 4 heterocycles. The summed E-state index contributed by atoms with van der Waals surface area (Å²) in [6, 6.07) is 14.7. The van der Waals surface area contributed by atoms with E-state index in [-0.39, 0.29) is 0 Å². The largest absolute Gasteiger partial charge is 0.353 e. The topological polar surface area (TPSA) is 78.9 Å². The number of nitrogens with zero attached hydrogens (tertiary/aromatic N) is 5. The second-order valence-electron chi connectivity index (χ2n) is 10.0. The number of nitrogens with one attached hydrogen (secondary N) is 2. The maximum absolute atomic E-state index is 5.23. The van der Waals surface area contributed by atoms with Gasteiger partial charge in [0.05, 0.1) is 11.7 Å². The van der Waals surface area contributed by atoms with Crippen molar-refractivity contribution in [3.05, 3.63) is 66.6 Å². The van der Waals surface area contributed by atoms with Gasteiger partial charge in [-0.15, -0.1) is 0 Å². The Kier molecular flexibility index (Phi) is 5.09. The van der Waals surface area contributed by atoms with Crippen molar-refractivity contribution in [1.29, 1.82) is 0 Å². The molecular formula is C28H29N7. The number of para-hydroxylation sites is 1. The highest BCUT2D eigenvalue weighted by Gasteiger charge is 2.36. The standard InChI is InChI=1S/C28H29N7/c1-2-4-21(5-3-1)32-25-14-20(10-11-31-25)27-33-23-16-29-15-22(18-6-7-18)26(23)28(34-27)35-13-12-30-24(17-35)19-8-9-19/h1-5,10-11,14-16,18-19,24,30H,6-9,12-13,17H2,(H,31,32). The van der Waals surface area contributed by atoms with E-state index in [1.54, 1.807) is 0 Å². The monoisotopic (exact) mass is 463 g/mol. The minimum atomic E-state index is 0.547. The predicted octanol–water partition coefficient (Wildman–Crippen LogP) is 4.90. The van der Waals surface area contributed by atoms with Gasteiger partial charge in [-0.05, 0) is 67.3 Å². The summed E-state index contributed by atoms with van der Waals surface area (Å²) in [6.07, 6.45) is 10.9. The van der Waals surface area contributed by atoms with Gasteiger partial charge in [-0.2, -0.15) is 0 Å². The zero-order chi connectivity index (χ0) is 23.2. The van der Waals surface area contributed by atoms with Gasteiger partial charge in [0.25, 0.3) is 0 Å². The Hall–Kier alpha value is -3.58. The van der Waals surface area contributed by atoms with Gasteiger partial charge in [0.15, 0.2) is 5.82 Å². The first-order chi connectivity index (χ1) is 17.3. The molecule has 1 aliphatic heterocycles. The van der Waals surface area contributed by atoms with Gasteiger partial charge in [-0.25, -0.2) is 15.0 Å². The molecule has 0 spiro atoms. The average Bonchev–Trinajstić information content (AvgIpc) is 3.82. The van der Waals surface area contributed by atoms with Crippen LogP contribution in [0.15, 0.2) is 61.1 Å². The number of pyridine rings is 2. The van der Waals surface area contributed by atoms with Crippen molar-refractivity contribution in [3.8, 4) is 11.4 Å². The van der Waals surface area contributed by atoms with Crippen molar-refractivity contribution in [1.82, 2.24) is 25.3 Å². The van der Waals surface area contributed by atoms with Crippen molar-refractivity contribution in [2.45, 2.75) is 37.6 Å². The molecule has 0 bridgehead atoms. The smallest absolute Gasteiger partial charge is 0.162 e. The molecule has 7 nitrogen and oxygen atoms in total. The zero-order valence-corrected chi connectivity index (χ0v) is 19.7. The van der Waals surface area contributed by atoms with Crippen LogP contribution in [0.5, 0.6) is 0 Å². The lowest BCUT2D eigenvalue weighted by Crippen LogP contribution is -2.52. The van der Waals surface area contributed by atoms with Crippen molar-refractivity contribution >= 4 is 28.2 Å². The number of piperazine rings is 1. The number of anilines is 3. The van der Waals surface area contributed by atoms with Crippen LogP contribution in [0.25, 0.3) is 22.3 Å². The molecule has 7 heteroatoms. The van der Waals surface area contributed by atoms with E-state index in [9.17, 15) is 0 Å². The molecule has 7 rings (SSSR count). The average molecular weight is 464 g/mol. The molecule has 2 aliphatic carbocycles. The van der Waals surface area contributed by atoms with Crippen LogP contribution in [0.1, 0.15) is 37.2 Å². The minimum absolute atomic E-state index is 0.547. The van der Waals surface area contributed by atoms with Crippen molar-refractivity contribution in [2.24, 2.45) is 5.92 Å². The first kappa shape index (κ1) is 20.8. The number of rotatable bonds is 6. The maximum Gasteiger partial charge on any atom is 0.162 e. The summed E-state index contributed by atoms with van der Waals surface area (Å²) in [5, 5.41) is 8.32. The molecule has 1 aromatic carbocycles. The lowest BCUT2D eigenvalue weighted by molar-refractivity contribution is 0.418. The molecule has 3 fully saturated rings. The number of fused-ring (bicyclic) bond motifs is 1. The number of aromatic nitrogens is 4. The van der Waals surface area contributed by atoms with Gasteiger partial charge in [0, 0.05) is 54.7 Å². The van der Waals surface area contributed by atoms with Crippen LogP contribution >= 0.6 is 0 Å². The Bertz CT molecular complexity index is 1360. The Morgan fingerprint density at radius 1 is 0.971 bits per heavy atom. The van der Waals surface area contributed by atoms with E-state index in [2.05, 4.69) is 25.5 Å². The number of hydrogen-bond acceptors (Lipinski definition) is 7. The Balaban J connectivity index is 1.31. The van der Waals surface area contributed by atoms with E-state index < -0.39 is 0 Å². The fourth-order valence-corrected chi connectivity index (χ4v) is 5.24. The van der Waals surface area contributed by atoms with Crippen molar-refractivity contribution in [2.75, 3.05) is 29.9 Å². The summed E-state index contributed by atoms with van der Waals surface area (Å²) in [5.41, 5.74) is 4.20.